The number of alkyl halides is 3. The largest absolute Gasteiger partial charge is 0.418 e. The van der Waals surface area contributed by atoms with Gasteiger partial charge in [0.05, 0.1) is 17.9 Å². The fourth-order valence-electron chi connectivity index (χ4n) is 3.27. The van der Waals surface area contributed by atoms with E-state index in [1.54, 1.807) is 7.05 Å². The molecule has 3 rings (SSSR count). The minimum atomic E-state index is -4.76. The van der Waals surface area contributed by atoms with Crippen LogP contribution in [0.15, 0.2) is 18.2 Å². The lowest BCUT2D eigenvalue weighted by Gasteiger charge is -2.29. The highest BCUT2D eigenvalue weighted by Gasteiger charge is 2.39. The quantitative estimate of drug-likeness (QED) is 0.675. The highest BCUT2D eigenvalue weighted by atomic mass is 19.4. The molecule has 0 spiro atoms. The number of carbonyl (C=O) groups excluding carboxylic acids is 3. The molecule has 0 unspecified atom stereocenters. The number of primary amides is 1. The zero-order valence-corrected chi connectivity index (χ0v) is 15.7. The molecule has 2 fully saturated rings. The molecule has 2 aliphatic rings. The van der Waals surface area contributed by atoms with E-state index >= 15 is 0 Å². The minimum Gasteiger partial charge on any atom is -0.370 e. The normalized spacial score (nSPS) is 18.7. The van der Waals surface area contributed by atoms with Crippen LogP contribution >= 0.6 is 0 Å². The Morgan fingerprint density at radius 1 is 1.34 bits per heavy atom. The zero-order valence-electron chi connectivity index (χ0n) is 15.7. The molecule has 1 aromatic rings. The number of anilines is 2. The molecule has 1 saturated carbocycles. The van der Waals surface area contributed by atoms with Crippen LogP contribution < -0.4 is 16.0 Å². The highest BCUT2D eigenvalue weighted by molar-refractivity contribution is 6.09. The number of carbonyl (C=O) groups is 3. The smallest absolute Gasteiger partial charge is 0.370 e. The van der Waals surface area contributed by atoms with Gasteiger partial charge in [-0.3, -0.25) is 19.3 Å². The van der Waals surface area contributed by atoms with Crippen molar-refractivity contribution in [3.63, 3.8) is 0 Å². The van der Waals surface area contributed by atoms with Crippen molar-refractivity contribution in [2.24, 2.45) is 5.73 Å². The summed E-state index contributed by atoms with van der Waals surface area (Å²) in [4.78, 5) is 38.7. The lowest BCUT2D eigenvalue weighted by atomic mass is 10.1. The van der Waals surface area contributed by atoms with Gasteiger partial charge in [-0.15, -0.1) is 0 Å². The van der Waals surface area contributed by atoms with Crippen LogP contribution in [-0.2, 0) is 25.3 Å². The van der Waals surface area contributed by atoms with Gasteiger partial charge in [0.15, 0.2) is 6.04 Å². The van der Waals surface area contributed by atoms with E-state index in [-0.39, 0.29) is 37.2 Å². The number of morpholine rings is 1. The standard InChI is InChI=1S/C18H21F3N4O4/c1-24(11-3-4-11)15(16(22)27)17(28)23-10-2-5-13(12(8-10)18(19,20)21)25-6-7-29-9-14(25)26/h2,5,8,11,15H,3-4,6-7,9H2,1H3,(H2,22,27)(H,23,28)/t15-/m1/s1. The van der Waals surface area contributed by atoms with E-state index in [1.807, 2.05) is 0 Å². The molecule has 0 bridgehead atoms. The Balaban J connectivity index is 1.87. The van der Waals surface area contributed by atoms with E-state index in [1.165, 1.54) is 11.0 Å². The average molecular weight is 414 g/mol. The third-order valence-corrected chi connectivity index (χ3v) is 4.89. The predicted octanol–water partition coefficient (Wildman–Crippen LogP) is 0.955. The number of hydrogen-bond donors (Lipinski definition) is 2. The Morgan fingerprint density at radius 2 is 2.03 bits per heavy atom. The summed E-state index contributed by atoms with van der Waals surface area (Å²) in [5, 5.41) is 2.33. The molecule has 3 N–H and O–H groups in total. The Kier molecular flexibility index (Phi) is 5.80. The van der Waals surface area contributed by atoms with E-state index in [4.69, 9.17) is 10.5 Å². The fourth-order valence-corrected chi connectivity index (χ4v) is 3.27. The average Bonchev–Trinajstić information content (AvgIpc) is 3.46. The molecule has 1 aliphatic heterocycles. The van der Waals surface area contributed by atoms with E-state index in [0.717, 1.165) is 29.9 Å². The molecule has 8 nitrogen and oxygen atoms in total. The molecule has 0 aromatic heterocycles. The maximum atomic E-state index is 13.6. The summed E-state index contributed by atoms with van der Waals surface area (Å²) < 4.78 is 45.8. The molecule has 1 aromatic carbocycles. The van der Waals surface area contributed by atoms with Crippen LogP contribution in [-0.4, -0.2) is 61.5 Å². The number of nitrogens with one attached hydrogen (secondary N) is 1. The number of nitrogens with zero attached hydrogens (tertiary/aromatic N) is 2. The van der Waals surface area contributed by atoms with Crippen LogP contribution in [0, 0.1) is 0 Å². The Labute approximate surface area is 164 Å². The number of rotatable bonds is 6. The highest BCUT2D eigenvalue weighted by Crippen LogP contribution is 2.39. The van der Waals surface area contributed by atoms with Crippen LogP contribution in [0.1, 0.15) is 18.4 Å². The van der Waals surface area contributed by atoms with Crippen molar-refractivity contribution in [2.45, 2.75) is 31.1 Å². The number of nitrogens with two attached hydrogens (primary N) is 1. The van der Waals surface area contributed by atoms with Crippen LogP contribution in [0.4, 0.5) is 24.5 Å². The second-order valence-electron chi connectivity index (χ2n) is 7.02. The van der Waals surface area contributed by atoms with Gasteiger partial charge >= 0.3 is 6.18 Å². The summed E-state index contributed by atoms with van der Waals surface area (Å²) in [5.41, 5.74) is 3.78. The van der Waals surface area contributed by atoms with E-state index < -0.39 is 35.5 Å². The molecule has 29 heavy (non-hydrogen) atoms. The van der Waals surface area contributed by atoms with Crippen molar-refractivity contribution in [3.8, 4) is 0 Å². The Morgan fingerprint density at radius 3 is 2.59 bits per heavy atom. The summed E-state index contributed by atoms with van der Waals surface area (Å²) in [6.45, 7) is -0.192. The monoisotopic (exact) mass is 414 g/mol. The van der Waals surface area contributed by atoms with Crippen LogP contribution in [0.5, 0.6) is 0 Å². The van der Waals surface area contributed by atoms with Gasteiger partial charge in [0, 0.05) is 18.3 Å². The van der Waals surface area contributed by atoms with Gasteiger partial charge in [-0.2, -0.15) is 13.2 Å². The van der Waals surface area contributed by atoms with Gasteiger partial charge in [-0.1, -0.05) is 0 Å². The number of benzene rings is 1. The van der Waals surface area contributed by atoms with Crippen LogP contribution in [0.2, 0.25) is 0 Å². The molecule has 158 valence electrons. The topological polar surface area (TPSA) is 105 Å². The molecule has 1 aliphatic carbocycles. The Bertz CT molecular complexity index is 826. The summed E-state index contributed by atoms with van der Waals surface area (Å²) >= 11 is 0. The molecule has 1 heterocycles. The number of hydrogen-bond acceptors (Lipinski definition) is 5. The van der Waals surface area contributed by atoms with Gasteiger partial charge in [0.25, 0.3) is 11.8 Å². The zero-order chi connectivity index (χ0) is 21.3. The summed E-state index contributed by atoms with van der Waals surface area (Å²) in [6.07, 6.45) is -3.13. The maximum Gasteiger partial charge on any atom is 0.418 e. The number of likely N-dealkylation sites (N-methyl/N-ethyl adjacent to an activating group) is 1. The van der Waals surface area contributed by atoms with Gasteiger partial charge in [-0.25, -0.2) is 0 Å². The maximum absolute atomic E-state index is 13.6. The van der Waals surface area contributed by atoms with Crippen molar-refractivity contribution < 1.29 is 32.3 Å². The molecular weight excluding hydrogens is 393 g/mol. The van der Waals surface area contributed by atoms with Gasteiger partial charge in [-0.05, 0) is 38.1 Å². The van der Waals surface area contributed by atoms with Crippen molar-refractivity contribution in [3.05, 3.63) is 23.8 Å². The van der Waals surface area contributed by atoms with E-state index in [0.29, 0.717) is 0 Å². The first-order valence-electron chi connectivity index (χ1n) is 9.01. The SMILES string of the molecule is CN(C1CC1)[C@H](C(N)=O)C(=O)Nc1ccc(N2CCOCC2=O)c(C(F)(F)F)c1. The summed E-state index contributed by atoms with van der Waals surface area (Å²) in [6, 6.07) is 1.85. The third kappa shape index (κ3) is 4.67. The first-order valence-corrected chi connectivity index (χ1v) is 9.01. The minimum absolute atomic E-state index is 0.0104. The molecule has 1 saturated heterocycles. The predicted molar refractivity (Wildman–Crippen MR) is 97.0 cm³/mol. The third-order valence-electron chi connectivity index (χ3n) is 4.89. The van der Waals surface area contributed by atoms with Crippen LogP contribution in [0.3, 0.4) is 0 Å². The van der Waals surface area contributed by atoms with E-state index in [9.17, 15) is 27.6 Å². The van der Waals surface area contributed by atoms with Crippen molar-refractivity contribution in [1.82, 2.24) is 4.90 Å². The number of ether oxygens (including phenoxy) is 1. The summed E-state index contributed by atoms with van der Waals surface area (Å²) in [5.74, 6) is -2.28. The lowest BCUT2D eigenvalue weighted by Crippen LogP contribution is -2.51. The molecule has 11 heteroatoms. The van der Waals surface area contributed by atoms with Crippen molar-refractivity contribution >= 4 is 29.1 Å². The molecular formula is C18H21F3N4O4. The first kappa shape index (κ1) is 21.1. The Hall–Kier alpha value is -2.66. The lowest BCUT2D eigenvalue weighted by molar-refractivity contribution is -0.137. The second-order valence-corrected chi connectivity index (χ2v) is 7.02. The van der Waals surface area contributed by atoms with Gasteiger partial charge in [0.2, 0.25) is 5.91 Å². The number of halogens is 3. The van der Waals surface area contributed by atoms with Crippen molar-refractivity contribution in [2.75, 3.05) is 37.0 Å². The summed E-state index contributed by atoms with van der Waals surface area (Å²) in [7, 11) is 1.57. The van der Waals surface area contributed by atoms with Gasteiger partial charge < -0.3 is 20.7 Å². The second kappa shape index (κ2) is 7.99. The van der Waals surface area contributed by atoms with Crippen LogP contribution in [0.25, 0.3) is 0 Å². The van der Waals surface area contributed by atoms with E-state index in [2.05, 4.69) is 5.32 Å². The number of amides is 3. The molecule has 3 amide bonds. The molecule has 1 atom stereocenters. The molecule has 0 radical (unpaired) electrons. The van der Waals surface area contributed by atoms with Gasteiger partial charge in [0.1, 0.15) is 6.61 Å². The fraction of sp³-hybridized carbons (Fsp3) is 0.500. The van der Waals surface area contributed by atoms with Crippen molar-refractivity contribution in [1.29, 1.82) is 0 Å². The first-order chi connectivity index (χ1) is 13.6.